The van der Waals surface area contributed by atoms with Gasteiger partial charge in [0.05, 0.1) is 18.2 Å². The van der Waals surface area contributed by atoms with Crippen LogP contribution < -0.4 is 5.32 Å². The van der Waals surface area contributed by atoms with Crippen LogP contribution in [0.1, 0.15) is 24.8 Å². The van der Waals surface area contributed by atoms with Crippen LogP contribution in [-0.4, -0.2) is 43.8 Å². The van der Waals surface area contributed by atoms with Crippen LogP contribution >= 0.6 is 11.3 Å². The molecule has 0 radical (unpaired) electrons. The van der Waals surface area contributed by atoms with Crippen LogP contribution in [0.2, 0.25) is 0 Å². The van der Waals surface area contributed by atoms with E-state index in [4.69, 9.17) is 9.47 Å². The number of methoxy groups -OCH3 is 1. The number of hydrogen-bond donors (Lipinski definition) is 1. The van der Waals surface area contributed by atoms with Crippen molar-refractivity contribution in [2.24, 2.45) is 0 Å². The quantitative estimate of drug-likeness (QED) is 0.564. The second kappa shape index (κ2) is 9.03. The number of amides is 2. The zero-order chi connectivity index (χ0) is 20.1. The van der Waals surface area contributed by atoms with Gasteiger partial charge in [-0.2, -0.15) is 0 Å². The van der Waals surface area contributed by atoms with Crippen molar-refractivity contribution in [1.82, 2.24) is 10.2 Å². The summed E-state index contributed by atoms with van der Waals surface area (Å²) in [5, 5.41) is 2.96. The van der Waals surface area contributed by atoms with E-state index in [0.717, 1.165) is 15.3 Å². The number of carbonyl (C=O) groups excluding carboxylic acids is 2. The minimum absolute atomic E-state index is 0.165. The monoisotopic (exact) mass is 400 g/mol. The minimum Gasteiger partial charge on any atom is -0.460 e. The summed E-state index contributed by atoms with van der Waals surface area (Å²) in [5.41, 5.74) is 2.17. The first kappa shape index (κ1) is 20.1. The number of nitrogens with one attached hydrogen (secondary N) is 1. The lowest BCUT2D eigenvalue weighted by Crippen LogP contribution is -2.47. The molecular weight excluding hydrogens is 376 g/mol. The molecule has 2 amide bonds. The fraction of sp³-hybridized carbons (Fsp3) is 0.333. The zero-order valence-corrected chi connectivity index (χ0v) is 17.0. The number of benzene rings is 1. The molecule has 1 aliphatic rings. The topological polar surface area (TPSA) is 67.9 Å². The summed E-state index contributed by atoms with van der Waals surface area (Å²) < 4.78 is 10.3. The third-order valence-corrected chi connectivity index (χ3v) is 5.82. The van der Waals surface area contributed by atoms with Crippen LogP contribution in [0, 0.1) is 0 Å². The Balaban J connectivity index is 1.95. The summed E-state index contributed by atoms with van der Waals surface area (Å²) in [6.45, 7) is 4.62. The predicted octanol–water partition coefficient (Wildman–Crippen LogP) is 3.96. The lowest BCUT2D eigenvalue weighted by Gasteiger charge is -2.34. The molecule has 6 nitrogen and oxygen atoms in total. The van der Waals surface area contributed by atoms with Gasteiger partial charge in [-0.1, -0.05) is 30.3 Å². The van der Waals surface area contributed by atoms with Crippen molar-refractivity contribution in [2.45, 2.75) is 19.9 Å². The molecule has 0 fully saturated rings. The molecule has 2 heterocycles. The Kier molecular flexibility index (Phi) is 6.49. The van der Waals surface area contributed by atoms with E-state index in [1.165, 1.54) is 0 Å². The summed E-state index contributed by atoms with van der Waals surface area (Å²) >= 11 is 1.56. The summed E-state index contributed by atoms with van der Waals surface area (Å²) in [5.74, 6) is -0.437. The smallest absolute Gasteiger partial charge is 0.338 e. The summed E-state index contributed by atoms with van der Waals surface area (Å²) in [6.07, 6.45) is 0. The van der Waals surface area contributed by atoms with Crippen molar-refractivity contribution >= 4 is 23.3 Å². The number of rotatable bonds is 7. The fourth-order valence-electron chi connectivity index (χ4n) is 3.20. The third-order valence-electron chi connectivity index (χ3n) is 4.62. The Morgan fingerprint density at radius 1 is 1.18 bits per heavy atom. The maximum atomic E-state index is 12.8. The lowest BCUT2D eigenvalue weighted by molar-refractivity contribution is -0.140. The molecule has 1 aromatic carbocycles. The summed E-state index contributed by atoms with van der Waals surface area (Å²) in [4.78, 5) is 28.9. The molecule has 0 saturated heterocycles. The Morgan fingerprint density at radius 3 is 2.61 bits per heavy atom. The molecule has 0 aliphatic carbocycles. The molecule has 3 rings (SSSR count). The first-order chi connectivity index (χ1) is 13.6. The number of hydrogen-bond acceptors (Lipinski definition) is 5. The summed E-state index contributed by atoms with van der Waals surface area (Å²) in [7, 11) is 1.55. The molecule has 0 unspecified atom stereocenters. The van der Waals surface area contributed by atoms with Crippen LogP contribution in [0.5, 0.6) is 0 Å². The molecule has 0 spiro atoms. The van der Waals surface area contributed by atoms with E-state index in [9.17, 15) is 9.59 Å². The Hall–Kier alpha value is -2.64. The molecule has 0 bridgehead atoms. The van der Waals surface area contributed by atoms with Gasteiger partial charge in [-0.05, 0) is 31.5 Å². The van der Waals surface area contributed by atoms with Gasteiger partial charge in [0.15, 0.2) is 0 Å². The first-order valence-corrected chi connectivity index (χ1v) is 9.98. The van der Waals surface area contributed by atoms with E-state index >= 15 is 0 Å². The molecule has 0 saturated carbocycles. The number of carbonyl (C=O) groups is 2. The number of ether oxygens (including phenoxy) is 2. The molecule has 7 heteroatoms. The van der Waals surface area contributed by atoms with E-state index in [1.807, 2.05) is 49.4 Å². The average Bonchev–Trinajstić information content (AvgIpc) is 3.19. The predicted molar refractivity (Wildman–Crippen MR) is 109 cm³/mol. The van der Waals surface area contributed by atoms with Crippen LogP contribution in [0.3, 0.4) is 0 Å². The standard InChI is InChI=1S/C21H24N2O4S/c1-4-23-14(2)18(20(24)27-13-12-26-3)19(22-21(23)25)17-11-10-16(28-17)15-8-6-5-7-9-15/h5-11,19H,4,12-13H2,1-3H3,(H,22,25)/t19-/m0/s1. The molecule has 1 N–H and O–H groups in total. The molecule has 1 atom stereocenters. The maximum Gasteiger partial charge on any atom is 0.338 e. The SMILES string of the molecule is CCN1C(=O)N[C@@H](c2ccc(-c3ccccc3)s2)C(C(=O)OCCOC)=C1C. The number of thiophene rings is 1. The van der Waals surface area contributed by atoms with E-state index in [2.05, 4.69) is 5.32 Å². The Labute approximate surface area is 168 Å². The zero-order valence-electron chi connectivity index (χ0n) is 16.2. The fourth-order valence-corrected chi connectivity index (χ4v) is 4.28. The van der Waals surface area contributed by atoms with Crippen molar-refractivity contribution in [3.05, 3.63) is 58.6 Å². The normalized spacial score (nSPS) is 16.9. The van der Waals surface area contributed by atoms with E-state index in [-0.39, 0.29) is 12.6 Å². The van der Waals surface area contributed by atoms with Crippen molar-refractivity contribution in [1.29, 1.82) is 0 Å². The number of allylic oxidation sites excluding steroid dienone is 1. The van der Waals surface area contributed by atoms with E-state index in [1.54, 1.807) is 30.3 Å². The van der Waals surface area contributed by atoms with Gasteiger partial charge in [0, 0.05) is 29.1 Å². The van der Waals surface area contributed by atoms with Gasteiger partial charge in [0.2, 0.25) is 0 Å². The minimum atomic E-state index is -0.534. The third kappa shape index (κ3) is 4.10. The van der Waals surface area contributed by atoms with Crippen LogP contribution in [-0.2, 0) is 14.3 Å². The highest BCUT2D eigenvalue weighted by Gasteiger charge is 2.36. The molecule has 1 aliphatic heterocycles. The molecular formula is C21H24N2O4S. The van der Waals surface area contributed by atoms with Crippen molar-refractivity contribution in [3.63, 3.8) is 0 Å². The molecule has 1 aromatic heterocycles. The van der Waals surface area contributed by atoms with Crippen LogP contribution in [0.15, 0.2) is 53.7 Å². The highest BCUT2D eigenvalue weighted by molar-refractivity contribution is 7.15. The number of nitrogens with zero attached hydrogens (tertiary/aromatic N) is 1. The van der Waals surface area contributed by atoms with Gasteiger partial charge in [0.25, 0.3) is 0 Å². The average molecular weight is 401 g/mol. The Bertz CT molecular complexity index is 876. The van der Waals surface area contributed by atoms with E-state index < -0.39 is 12.0 Å². The summed E-state index contributed by atoms with van der Waals surface area (Å²) in [6, 6.07) is 13.2. The van der Waals surface area contributed by atoms with Crippen LogP contribution in [0.25, 0.3) is 10.4 Å². The first-order valence-electron chi connectivity index (χ1n) is 9.16. The molecule has 28 heavy (non-hydrogen) atoms. The van der Waals surface area contributed by atoms with Crippen molar-refractivity contribution < 1.29 is 19.1 Å². The van der Waals surface area contributed by atoms with Crippen molar-refractivity contribution in [2.75, 3.05) is 26.9 Å². The van der Waals surface area contributed by atoms with Gasteiger partial charge in [0.1, 0.15) is 6.61 Å². The van der Waals surface area contributed by atoms with Gasteiger partial charge in [-0.3, -0.25) is 4.90 Å². The maximum absolute atomic E-state index is 12.8. The van der Waals surface area contributed by atoms with Crippen LogP contribution in [0.4, 0.5) is 4.79 Å². The number of esters is 1. The lowest BCUT2D eigenvalue weighted by atomic mass is 10.0. The number of urea groups is 1. The van der Waals surface area contributed by atoms with Crippen molar-refractivity contribution in [3.8, 4) is 10.4 Å². The Morgan fingerprint density at radius 2 is 1.93 bits per heavy atom. The molecule has 148 valence electrons. The molecule has 2 aromatic rings. The van der Waals surface area contributed by atoms with Gasteiger partial charge in [-0.25, -0.2) is 9.59 Å². The largest absolute Gasteiger partial charge is 0.460 e. The highest BCUT2D eigenvalue weighted by atomic mass is 32.1. The van der Waals surface area contributed by atoms with E-state index in [0.29, 0.717) is 24.4 Å². The second-order valence-electron chi connectivity index (χ2n) is 6.32. The van der Waals surface area contributed by atoms with Gasteiger partial charge in [-0.15, -0.1) is 11.3 Å². The second-order valence-corrected chi connectivity index (χ2v) is 7.44. The van der Waals surface area contributed by atoms with Gasteiger partial charge < -0.3 is 14.8 Å². The van der Waals surface area contributed by atoms with Gasteiger partial charge >= 0.3 is 12.0 Å². The highest BCUT2D eigenvalue weighted by Crippen LogP contribution is 2.37.